The first kappa shape index (κ1) is 23.6. The van der Waals surface area contributed by atoms with Gasteiger partial charge in [-0.05, 0) is 42.7 Å². The molecule has 3 aromatic carbocycles. The lowest BCUT2D eigenvalue weighted by molar-refractivity contribution is -0.255. The van der Waals surface area contributed by atoms with Crippen LogP contribution in [0.15, 0.2) is 64.4 Å². The van der Waals surface area contributed by atoms with Crippen LogP contribution in [0.2, 0.25) is 10.2 Å². The van der Waals surface area contributed by atoms with E-state index in [0.717, 1.165) is 37.2 Å². The summed E-state index contributed by atoms with van der Waals surface area (Å²) < 4.78 is 31.9. The van der Waals surface area contributed by atoms with Crippen molar-refractivity contribution in [2.45, 2.75) is 34.6 Å². The van der Waals surface area contributed by atoms with Crippen LogP contribution in [0.3, 0.4) is 0 Å². The first-order chi connectivity index (χ1) is 17.3. The molecule has 0 bridgehead atoms. The Kier molecular flexibility index (Phi) is 5.70. The quantitative estimate of drug-likeness (QED) is 0.286. The highest BCUT2D eigenvalue weighted by Crippen LogP contribution is 2.56. The molecule has 2 aliphatic rings. The van der Waals surface area contributed by atoms with Crippen molar-refractivity contribution in [3.05, 3.63) is 87.5 Å². The molecule has 1 fully saturated rings. The number of rotatable bonds is 6. The van der Waals surface area contributed by atoms with Gasteiger partial charge in [-0.1, -0.05) is 65.3 Å². The van der Waals surface area contributed by atoms with Crippen molar-refractivity contribution in [2.24, 2.45) is 0 Å². The Labute approximate surface area is 220 Å². The van der Waals surface area contributed by atoms with Crippen LogP contribution < -0.4 is 10.0 Å². The fraction of sp³-hybridized carbons (Fsp3) is 0.222. The Morgan fingerprint density at radius 1 is 1.00 bits per heavy atom. The highest BCUT2D eigenvalue weighted by Gasteiger charge is 2.51. The molecule has 0 saturated heterocycles. The number of carbonyl (C=O) groups is 1. The number of carboxylic acid groups (broad SMARTS) is 1. The van der Waals surface area contributed by atoms with E-state index >= 15 is 4.39 Å². The molecule has 1 spiro atoms. The van der Waals surface area contributed by atoms with Gasteiger partial charge in [0.05, 0.1) is 21.4 Å². The van der Waals surface area contributed by atoms with E-state index < -0.39 is 23.2 Å². The molecule has 1 aromatic heterocycles. The van der Waals surface area contributed by atoms with Gasteiger partial charge in [0.2, 0.25) is 0 Å². The van der Waals surface area contributed by atoms with Gasteiger partial charge in [-0.3, -0.25) is 0 Å². The largest absolute Gasteiger partial charge is 0.545 e. The van der Waals surface area contributed by atoms with Crippen LogP contribution in [-0.2, 0) is 12.0 Å². The van der Waals surface area contributed by atoms with E-state index in [4.69, 9.17) is 23.2 Å². The Morgan fingerprint density at radius 3 is 2.53 bits per heavy atom. The Hall–Kier alpha value is -2.74. The number of anilines is 1. The Balaban J connectivity index is 1.39. The van der Waals surface area contributed by atoms with Gasteiger partial charge in [-0.2, -0.15) is 0 Å². The summed E-state index contributed by atoms with van der Waals surface area (Å²) in [4.78, 5) is 14.1. The lowest BCUT2D eigenvalue weighted by atomic mass is 9.99. The summed E-state index contributed by atoms with van der Waals surface area (Å²) in [6.07, 6.45) is 2.32. The van der Waals surface area contributed by atoms with Gasteiger partial charge in [-0.25, -0.2) is 8.78 Å². The number of aromatic carboxylic acids is 1. The number of aromatic nitrogens is 1. The summed E-state index contributed by atoms with van der Waals surface area (Å²) in [5.41, 5.74) is 2.46. The summed E-state index contributed by atoms with van der Waals surface area (Å²) in [5, 5.41) is 12.0. The van der Waals surface area contributed by atoms with Gasteiger partial charge in [0.1, 0.15) is 11.0 Å². The Bertz CT molecular complexity index is 1550. The number of halogens is 4. The van der Waals surface area contributed by atoms with Crippen LogP contribution in [0.25, 0.3) is 10.9 Å². The molecule has 1 saturated carbocycles. The molecule has 184 valence electrons. The highest BCUT2D eigenvalue weighted by molar-refractivity contribution is 7.99. The van der Waals surface area contributed by atoms with Crippen molar-refractivity contribution in [2.75, 3.05) is 18.0 Å². The van der Waals surface area contributed by atoms with Gasteiger partial charge in [0, 0.05) is 46.6 Å². The third-order valence-corrected chi connectivity index (χ3v) is 9.11. The van der Waals surface area contributed by atoms with Crippen LogP contribution in [-0.4, -0.2) is 23.6 Å². The molecule has 0 unspecified atom stereocenters. The number of carboxylic acids is 1. The maximum Gasteiger partial charge on any atom is 0.166 e. The Morgan fingerprint density at radius 2 is 1.78 bits per heavy atom. The first-order valence-corrected chi connectivity index (χ1v) is 13.1. The maximum atomic E-state index is 15.3. The van der Waals surface area contributed by atoms with Crippen molar-refractivity contribution in [3.63, 3.8) is 0 Å². The topological polar surface area (TPSA) is 48.3 Å². The van der Waals surface area contributed by atoms with Gasteiger partial charge >= 0.3 is 0 Å². The molecule has 36 heavy (non-hydrogen) atoms. The molecule has 1 aliphatic heterocycles. The van der Waals surface area contributed by atoms with Crippen LogP contribution in [0.5, 0.6) is 0 Å². The molecule has 0 N–H and O–H groups in total. The lowest BCUT2D eigenvalue weighted by Crippen LogP contribution is -2.28. The summed E-state index contributed by atoms with van der Waals surface area (Å²) >= 11 is 13.9. The second kappa shape index (κ2) is 8.68. The number of para-hydroxylation sites is 1. The predicted molar refractivity (Wildman–Crippen MR) is 136 cm³/mol. The van der Waals surface area contributed by atoms with Gasteiger partial charge in [0.15, 0.2) is 5.82 Å². The molecule has 6 rings (SSSR count). The van der Waals surface area contributed by atoms with Crippen LogP contribution >= 0.6 is 35.0 Å². The van der Waals surface area contributed by atoms with E-state index in [2.05, 4.69) is 23.1 Å². The predicted octanol–water partition coefficient (Wildman–Crippen LogP) is 6.29. The van der Waals surface area contributed by atoms with Crippen molar-refractivity contribution in [3.8, 4) is 0 Å². The number of carbonyl (C=O) groups excluding carboxylic acids is 1. The molecule has 0 amide bonds. The number of hydrogen-bond donors (Lipinski definition) is 0. The third-order valence-electron chi connectivity index (χ3n) is 7.16. The number of hydrogen-bond acceptors (Lipinski definition) is 4. The molecule has 9 heteroatoms. The van der Waals surface area contributed by atoms with Crippen molar-refractivity contribution in [1.29, 1.82) is 0 Å². The number of nitrogens with zero attached hydrogens (tertiary/aromatic N) is 2. The average molecular weight is 544 g/mol. The molecule has 0 radical (unpaired) electrons. The minimum absolute atomic E-state index is 0.0388. The van der Waals surface area contributed by atoms with E-state index in [1.165, 1.54) is 29.4 Å². The van der Waals surface area contributed by atoms with E-state index in [-0.39, 0.29) is 26.0 Å². The van der Waals surface area contributed by atoms with E-state index in [9.17, 15) is 14.3 Å². The fourth-order valence-electron chi connectivity index (χ4n) is 5.22. The summed E-state index contributed by atoms with van der Waals surface area (Å²) in [6.45, 7) is 1.90. The zero-order valence-corrected chi connectivity index (χ0v) is 21.2. The van der Waals surface area contributed by atoms with Crippen molar-refractivity contribution < 1.29 is 18.7 Å². The molecule has 4 aromatic rings. The SMILES string of the molecule is O=C([O-])c1cccc(Sc2c(Cl)n(CCN3CC4(CC4)c4ccccc43)c3c(F)c(Cl)ccc23)c1F. The van der Waals surface area contributed by atoms with E-state index in [1.807, 2.05) is 6.07 Å². The average Bonchev–Trinajstić information content (AvgIpc) is 3.51. The minimum atomic E-state index is -1.61. The molecular formula is C27H19Cl2F2N2O2S-. The van der Waals surface area contributed by atoms with E-state index in [1.54, 1.807) is 10.6 Å². The van der Waals surface area contributed by atoms with Crippen LogP contribution in [0.4, 0.5) is 14.5 Å². The van der Waals surface area contributed by atoms with Gasteiger partial charge in [-0.15, -0.1) is 0 Å². The maximum absolute atomic E-state index is 15.3. The fourth-order valence-corrected chi connectivity index (χ4v) is 6.79. The summed E-state index contributed by atoms with van der Waals surface area (Å²) in [5.74, 6) is -3.13. The zero-order valence-electron chi connectivity index (χ0n) is 18.9. The molecule has 1 aliphatic carbocycles. The highest BCUT2D eigenvalue weighted by atomic mass is 35.5. The van der Waals surface area contributed by atoms with Crippen LogP contribution in [0.1, 0.15) is 28.8 Å². The monoisotopic (exact) mass is 543 g/mol. The molecular weight excluding hydrogens is 525 g/mol. The van der Waals surface area contributed by atoms with Gasteiger partial charge < -0.3 is 19.4 Å². The second-order valence-corrected chi connectivity index (χ2v) is 11.1. The van der Waals surface area contributed by atoms with Gasteiger partial charge in [0.25, 0.3) is 0 Å². The zero-order chi connectivity index (χ0) is 25.2. The normalized spacial score (nSPS) is 15.6. The van der Waals surface area contributed by atoms with Crippen molar-refractivity contribution >= 4 is 57.5 Å². The smallest absolute Gasteiger partial charge is 0.166 e. The summed E-state index contributed by atoms with van der Waals surface area (Å²) in [6, 6.07) is 15.5. The standard InChI is InChI=1S/C27H20Cl2F2N2O2S/c28-18-9-8-16-23(22(18)31)33(13-12-32-14-27(10-11-27)17-5-1-2-6-19(17)32)25(29)24(16)36-20-7-3-4-15(21(20)30)26(34)35/h1-9H,10-14H2,(H,34,35)/p-1. The first-order valence-electron chi connectivity index (χ1n) is 11.5. The lowest BCUT2D eigenvalue weighted by Gasteiger charge is -2.21. The molecule has 2 heterocycles. The number of fused-ring (bicyclic) bond motifs is 3. The number of benzene rings is 3. The van der Waals surface area contributed by atoms with Crippen molar-refractivity contribution in [1.82, 2.24) is 4.57 Å². The van der Waals surface area contributed by atoms with E-state index in [0.29, 0.717) is 23.4 Å². The molecule has 4 nitrogen and oxygen atoms in total. The second-order valence-electron chi connectivity index (χ2n) is 9.26. The third kappa shape index (κ3) is 3.67. The molecule has 0 atom stereocenters. The minimum Gasteiger partial charge on any atom is -0.545 e. The summed E-state index contributed by atoms with van der Waals surface area (Å²) in [7, 11) is 0. The van der Waals surface area contributed by atoms with Crippen LogP contribution in [0, 0.1) is 11.6 Å².